The van der Waals surface area contributed by atoms with Crippen LogP contribution in [0.15, 0.2) is 70.0 Å². The van der Waals surface area contributed by atoms with Gasteiger partial charge in [-0.1, -0.05) is 49.7 Å². The van der Waals surface area contributed by atoms with Gasteiger partial charge < -0.3 is 8.83 Å². The first-order valence-corrected chi connectivity index (χ1v) is 9.47. The number of benzene rings is 2. The molecule has 2 aromatic heterocycles. The normalized spacial score (nSPS) is 10.1. The zero-order valence-corrected chi connectivity index (χ0v) is 17.3. The van der Waals surface area contributed by atoms with Crippen LogP contribution >= 0.6 is 11.6 Å². The molecule has 0 aliphatic heterocycles. The molecule has 4 rings (SSSR count). The van der Waals surface area contributed by atoms with Gasteiger partial charge in [-0.3, -0.25) is 0 Å². The zero-order chi connectivity index (χ0) is 22.1. The van der Waals surface area contributed by atoms with Crippen LogP contribution in [0.2, 0.25) is 5.02 Å². The molecule has 2 aromatic carbocycles. The van der Waals surface area contributed by atoms with Crippen molar-refractivity contribution < 1.29 is 22.0 Å². The molecule has 4 aromatic rings. The molecule has 0 radical (unpaired) electrons. The highest BCUT2D eigenvalue weighted by Gasteiger charge is 2.21. The first kappa shape index (κ1) is 23.2. The van der Waals surface area contributed by atoms with Crippen molar-refractivity contribution in [3.05, 3.63) is 83.6 Å². The maximum Gasteiger partial charge on any atom is 0.284 e. The highest BCUT2D eigenvalue weighted by molar-refractivity contribution is 6.30. The van der Waals surface area contributed by atoms with E-state index in [2.05, 4.69) is 9.97 Å². The lowest BCUT2D eigenvalue weighted by molar-refractivity contribution is 0.147. The Kier molecular flexibility index (Phi) is 8.68. The van der Waals surface area contributed by atoms with Crippen molar-refractivity contribution in [1.82, 2.24) is 9.97 Å². The van der Waals surface area contributed by atoms with E-state index in [-0.39, 0.29) is 17.2 Å². The Bertz CT molecular complexity index is 1050. The second kappa shape index (κ2) is 11.2. The number of aryl methyl sites for hydroxylation is 1. The molecule has 0 fully saturated rings. The Labute approximate surface area is 177 Å². The number of oxazole rings is 2. The zero-order valence-electron chi connectivity index (χ0n) is 16.6. The number of alkyl halides is 2. The molecule has 0 spiro atoms. The molecule has 8 heteroatoms. The molecule has 0 atom stereocenters. The number of hydrogen-bond acceptors (Lipinski definition) is 4. The van der Waals surface area contributed by atoms with Crippen molar-refractivity contribution in [1.29, 1.82) is 0 Å². The summed E-state index contributed by atoms with van der Waals surface area (Å²) in [5, 5.41) is 0.704. The van der Waals surface area contributed by atoms with Crippen LogP contribution in [0.3, 0.4) is 0 Å². The molecular formula is C22H20ClF3N2O2. The van der Waals surface area contributed by atoms with Crippen LogP contribution in [0.1, 0.15) is 31.9 Å². The minimum absolute atomic E-state index is 0.0769. The molecule has 158 valence electrons. The number of aromatic nitrogens is 2. The van der Waals surface area contributed by atoms with Gasteiger partial charge in [-0.05, 0) is 24.3 Å². The van der Waals surface area contributed by atoms with Gasteiger partial charge in [-0.2, -0.15) is 0 Å². The fourth-order valence-corrected chi connectivity index (χ4v) is 2.62. The lowest BCUT2D eigenvalue weighted by Crippen LogP contribution is -1.88. The predicted octanol–water partition coefficient (Wildman–Crippen LogP) is 7.75. The average Bonchev–Trinajstić information content (AvgIpc) is 3.40. The molecule has 30 heavy (non-hydrogen) atoms. The first-order valence-electron chi connectivity index (χ1n) is 9.09. The van der Waals surface area contributed by atoms with Crippen molar-refractivity contribution >= 4 is 11.6 Å². The van der Waals surface area contributed by atoms with E-state index >= 15 is 0 Å². The van der Waals surface area contributed by atoms with Crippen molar-refractivity contribution in [3.63, 3.8) is 0 Å². The Morgan fingerprint density at radius 3 is 2.30 bits per heavy atom. The Hall–Kier alpha value is -3.06. The summed E-state index contributed by atoms with van der Waals surface area (Å²) in [5.74, 6) is -0.451. The fraction of sp³-hybridized carbons (Fsp3) is 0.182. The van der Waals surface area contributed by atoms with Crippen LogP contribution in [0.4, 0.5) is 13.2 Å². The summed E-state index contributed by atoms with van der Waals surface area (Å²) in [6.07, 6.45) is 0.248. The Balaban J connectivity index is 0.000000204. The van der Waals surface area contributed by atoms with E-state index in [4.69, 9.17) is 20.4 Å². The van der Waals surface area contributed by atoms with Crippen molar-refractivity contribution in [2.24, 2.45) is 0 Å². The molecule has 0 aliphatic rings. The fourth-order valence-electron chi connectivity index (χ4n) is 2.43. The molecular weight excluding hydrogens is 417 g/mol. The van der Waals surface area contributed by atoms with Crippen LogP contribution < -0.4 is 0 Å². The molecule has 0 amide bonds. The van der Waals surface area contributed by atoms with Gasteiger partial charge in [-0.25, -0.2) is 23.1 Å². The number of rotatable bonds is 3. The largest absolute Gasteiger partial charge is 0.451 e. The van der Waals surface area contributed by atoms with Crippen molar-refractivity contribution in [2.75, 3.05) is 0 Å². The van der Waals surface area contributed by atoms with Gasteiger partial charge in [-0.15, -0.1) is 0 Å². The van der Waals surface area contributed by atoms with Crippen LogP contribution in [0, 0.1) is 12.7 Å². The summed E-state index contributed by atoms with van der Waals surface area (Å²) < 4.78 is 48.1. The summed E-state index contributed by atoms with van der Waals surface area (Å²) in [6.45, 7) is 5.47. The van der Waals surface area contributed by atoms with Gasteiger partial charge in [0.25, 0.3) is 6.43 Å². The third-order valence-corrected chi connectivity index (χ3v) is 3.84. The molecule has 0 saturated carbocycles. The predicted molar refractivity (Wildman–Crippen MR) is 110 cm³/mol. The van der Waals surface area contributed by atoms with E-state index in [0.717, 1.165) is 17.3 Å². The summed E-state index contributed by atoms with van der Waals surface area (Å²) in [5.41, 5.74) is 1.58. The third kappa shape index (κ3) is 6.22. The molecule has 4 nitrogen and oxygen atoms in total. The highest BCUT2D eigenvalue weighted by Crippen LogP contribution is 2.31. The Morgan fingerprint density at radius 2 is 1.70 bits per heavy atom. The van der Waals surface area contributed by atoms with E-state index in [9.17, 15) is 13.2 Å². The third-order valence-electron chi connectivity index (χ3n) is 3.61. The molecule has 2 heterocycles. The molecule has 0 aliphatic carbocycles. The molecule has 0 bridgehead atoms. The van der Waals surface area contributed by atoms with Crippen molar-refractivity contribution in [3.8, 4) is 22.6 Å². The number of nitrogens with zero attached hydrogens (tertiary/aromatic N) is 2. The molecule has 0 saturated heterocycles. The van der Waals surface area contributed by atoms with E-state index in [0.29, 0.717) is 5.02 Å². The minimum Gasteiger partial charge on any atom is -0.451 e. The SMILES string of the molecule is CC.Cc1nc(C(F)F)c(-c2cccc(F)c2)o1.Clc1cccc(-c2cocn2)c1. The quantitative estimate of drug-likeness (QED) is 0.329. The lowest BCUT2D eigenvalue weighted by Gasteiger charge is -1.99. The first-order chi connectivity index (χ1) is 14.4. The van der Waals surface area contributed by atoms with Gasteiger partial charge in [0.05, 0.1) is 0 Å². The van der Waals surface area contributed by atoms with E-state index < -0.39 is 17.9 Å². The smallest absolute Gasteiger partial charge is 0.284 e. The average molecular weight is 437 g/mol. The highest BCUT2D eigenvalue weighted by atomic mass is 35.5. The summed E-state index contributed by atoms with van der Waals surface area (Å²) in [4.78, 5) is 7.58. The van der Waals surface area contributed by atoms with Crippen LogP contribution in [-0.4, -0.2) is 9.97 Å². The van der Waals surface area contributed by atoms with Crippen LogP contribution in [-0.2, 0) is 0 Å². The van der Waals surface area contributed by atoms with Crippen molar-refractivity contribution in [2.45, 2.75) is 27.2 Å². The monoisotopic (exact) mass is 436 g/mol. The van der Waals surface area contributed by atoms with Gasteiger partial charge >= 0.3 is 0 Å². The number of hydrogen-bond donors (Lipinski definition) is 0. The number of halogens is 4. The maximum absolute atomic E-state index is 12.9. The van der Waals surface area contributed by atoms with E-state index in [1.54, 1.807) is 6.26 Å². The molecule has 0 N–H and O–H groups in total. The van der Waals surface area contributed by atoms with Crippen LogP contribution in [0.25, 0.3) is 22.6 Å². The van der Waals surface area contributed by atoms with Gasteiger partial charge in [0, 0.05) is 23.1 Å². The van der Waals surface area contributed by atoms with Crippen LogP contribution in [0.5, 0.6) is 0 Å². The Morgan fingerprint density at radius 1 is 1.00 bits per heavy atom. The van der Waals surface area contributed by atoms with Gasteiger partial charge in [0.1, 0.15) is 17.8 Å². The second-order valence-corrected chi connectivity index (χ2v) is 6.08. The summed E-state index contributed by atoms with van der Waals surface area (Å²) in [6, 6.07) is 12.8. The minimum atomic E-state index is -2.74. The summed E-state index contributed by atoms with van der Waals surface area (Å²) in [7, 11) is 0. The van der Waals surface area contributed by atoms with Gasteiger partial charge in [0.15, 0.2) is 23.7 Å². The van der Waals surface area contributed by atoms with E-state index in [1.165, 1.54) is 31.5 Å². The standard InChI is InChI=1S/C11H8F3NO.C9H6ClNO.C2H6/c1-6-15-9(11(13)14)10(16-6)7-3-2-4-8(12)5-7;10-8-3-1-2-7(4-8)9-5-12-6-11-9;1-2/h2-5,11H,1H3;1-6H;1-2H3. The lowest BCUT2D eigenvalue weighted by atomic mass is 10.1. The van der Waals surface area contributed by atoms with Gasteiger partial charge in [0.2, 0.25) is 0 Å². The summed E-state index contributed by atoms with van der Waals surface area (Å²) >= 11 is 5.80. The topological polar surface area (TPSA) is 52.1 Å². The van der Waals surface area contributed by atoms with E-state index in [1.807, 2.05) is 38.1 Å². The molecule has 0 unspecified atom stereocenters. The maximum atomic E-state index is 12.9. The second-order valence-electron chi connectivity index (χ2n) is 5.64.